The van der Waals surface area contributed by atoms with Gasteiger partial charge in [-0.15, -0.1) is 0 Å². The van der Waals surface area contributed by atoms with Crippen molar-refractivity contribution in [1.29, 1.82) is 0 Å². The number of hydrogen-bond donors (Lipinski definition) is 1. The molecule has 1 N–H and O–H groups in total. The first-order chi connectivity index (χ1) is 10.6. The van der Waals surface area contributed by atoms with E-state index in [0.717, 1.165) is 45.6 Å². The van der Waals surface area contributed by atoms with Crippen molar-refractivity contribution < 1.29 is 9.90 Å². The molecule has 4 heteroatoms. The van der Waals surface area contributed by atoms with Gasteiger partial charge < -0.3 is 14.9 Å². The normalized spacial score (nSPS) is 18.8. The van der Waals surface area contributed by atoms with Crippen LogP contribution in [0.1, 0.15) is 25.3 Å². The lowest BCUT2D eigenvalue weighted by Crippen LogP contribution is -2.35. The van der Waals surface area contributed by atoms with Gasteiger partial charge in [0.25, 0.3) is 0 Å². The van der Waals surface area contributed by atoms with E-state index in [1.165, 1.54) is 12.0 Å². The molecule has 0 spiro atoms. The smallest absolute Gasteiger partial charge is 0.307 e. The Morgan fingerprint density at radius 2 is 1.82 bits per heavy atom. The number of nitrogens with zero attached hydrogens (tertiary/aromatic N) is 2. The summed E-state index contributed by atoms with van der Waals surface area (Å²) in [5.41, 5.74) is 1.41. The van der Waals surface area contributed by atoms with Gasteiger partial charge in [0, 0.05) is 19.6 Å². The molecule has 4 nitrogen and oxygen atoms in total. The Bertz CT molecular complexity index is 450. The fraction of sp³-hybridized carbons (Fsp3) is 0.611. The summed E-state index contributed by atoms with van der Waals surface area (Å²) >= 11 is 0. The molecular weight excluding hydrogens is 276 g/mol. The summed E-state index contributed by atoms with van der Waals surface area (Å²) < 4.78 is 0. The molecule has 1 aromatic carbocycles. The second kappa shape index (κ2) is 8.91. The SMILES string of the molecule is CC(CN1CCCN(CCCc2ccccc2)CC1)C(=O)O. The molecule has 0 bridgehead atoms. The van der Waals surface area contributed by atoms with Gasteiger partial charge in [0.2, 0.25) is 0 Å². The number of carboxylic acid groups (broad SMARTS) is 1. The van der Waals surface area contributed by atoms with Crippen molar-refractivity contribution in [1.82, 2.24) is 9.80 Å². The molecule has 0 aromatic heterocycles. The van der Waals surface area contributed by atoms with Gasteiger partial charge in [0.15, 0.2) is 0 Å². The maximum Gasteiger partial charge on any atom is 0.307 e. The predicted molar refractivity (Wildman–Crippen MR) is 89.1 cm³/mol. The van der Waals surface area contributed by atoms with Crippen LogP contribution in [0.3, 0.4) is 0 Å². The number of hydrogen-bond acceptors (Lipinski definition) is 3. The van der Waals surface area contributed by atoms with Crippen LogP contribution in [0.25, 0.3) is 0 Å². The van der Waals surface area contributed by atoms with Crippen molar-refractivity contribution in [2.75, 3.05) is 39.3 Å². The fourth-order valence-corrected chi connectivity index (χ4v) is 3.05. The van der Waals surface area contributed by atoms with Gasteiger partial charge >= 0.3 is 5.97 Å². The molecule has 22 heavy (non-hydrogen) atoms. The number of aryl methyl sites for hydroxylation is 1. The molecular formula is C18H28N2O2. The Kier molecular flexibility index (Phi) is 6.87. The maximum atomic E-state index is 11.0. The minimum absolute atomic E-state index is 0.273. The molecule has 0 aliphatic carbocycles. The molecule has 1 unspecified atom stereocenters. The Morgan fingerprint density at radius 1 is 1.14 bits per heavy atom. The zero-order valence-electron chi connectivity index (χ0n) is 13.6. The topological polar surface area (TPSA) is 43.8 Å². The average Bonchev–Trinajstić information content (AvgIpc) is 2.74. The number of carbonyl (C=O) groups is 1. The molecule has 2 rings (SSSR count). The summed E-state index contributed by atoms with van der Waals surface area (Å²) in [7, 11) is 0. The van der Waals surface area contributed by atoms with E-state index in [-0.39, 0.29) is 5.92 Å². The number of aliphatic carboxylic acids is 1. The van der Waals surface area contributed by atoms with E-state index in [4.69, 9.17) is 5.11 Å². The molecule has 1 saturated heterocycles. The predicted octanol–water partition coefficient (Wildman–Crippen LogP) is 2.35. The molecule has 0 saturated carbocycles. The van der Waals surface area contributed by atoms with Gasteiger partial charge in [-0.05, 0) is 44.5 Å². The van der Waals surface area contributed by atoms with E-state index in [1.807, 2.05) is 0 Å². The quantitative estimate of drug-likeness (QED) is 0.840. The van der Waals surface area contributed by atoms with Crippen LogP contribution in [-0.2, 0) is 11.2 Å². The minimum Gasteiger partial charge on any atom is -0.481 e. The summed E-state index contributed by atoms with van der Waals surface area (Å²) in [4.78, 5) is 15.8. The zero-order chi connectivity index (χ0) is 15.8. The summed E-state index contributed by atoms with van der Waals surface area (Å²) in [6.45, 7) is 7.80. The minimum atomic E-state index is -0.691. The molecule has 122 valence electrons. The van der Waals surface area contributed by atoms with E-state index < -0.39 is 5.97 Å². The molecule has 1 aliphatic rings. The number of carboxylic acids is 1. The third-order valence-electron chi connectivity index (χ3n) is 4.42. The van der Waals surface area contributed by atoms with Crippen LogP contribution in [0.5, 0.6) is 0 Å². The maximum absolute atomic E-state index is 11.0. The van der Waals surface area contributed by atoms with Crippen molar-refractivity contribution in [3.05, 3.63) is 35.9 Å². The summed E-state index contributed by atoms with van der Waals surface area (Å²) in [5.74, 6) is -0.964. The highest BCUT2D eigenvalue weighted by atomic mass is 16.4. The average molecular weight is 304 g/mol. The van der Waals surface area contributed by atoms with Crippen LogP contribution < -0.4 is 0 Å². The Morgan fingerprint density at radius 3 is 2.55 bits per heavy atom. The van der Waals surface area contributed by atoms with Crippen LogP contribution in [0.2, 0.25) is 0 Å². The van der Waals surface area contributed by atoms with Crippen molar-refractivity contribution in [3.8, 4) is 0 Å². The van der Waals surface area contributed by atoms with Gasteiger partial charge in [0.05, 0.1) is 5.92 Å². The molecule has 1 aromatic rings. The molecule has 1 heterocycles. The first-order valence-corrected chi connectivity index (χ1v) is 8.36. The van der Waals surface area contributed by atoms with Gasteiger partial charge in [-0.2, -0.15) is 0 Å². The van der Waals surface area contributed by atoms with Crippen molar-refractivity contribution >= 4 is 5.97 Å². The Balaban J connectivity index is 1.68. The summed E-state index contributed by atoms with van der Waals surface area (Å²) in [5, 5.41) is 9.02. The van der Waals surface area contributed by atoms with Crippen LogP contribution in [0.15, 0.2) is 30.3 Å². The van der Waals surface area contributed by atoms with Crippen LogP contribution >= 0.6 is 0 Å². The van der Waals surface area contributed by atoms with Crippen LogP contribution in [0, 0.1) is 5.92 Å². The first kappa shape index (κ1) is 17.0. The zero-order valence-corrected chi connectivity index (χ0v) is 13.6. The molecule has 1 fully saturated rings. The second-order valence-electron chi connectivity index (χ2n) is 6.32. The molecule has 0 radical (unpaired) electrons. The molecule has 1 aliphatic heterocycles. The van der Waals surface area contributed by atoms with E-state index in [2.05, 4.69) is 40.1 Å². The number of benzene rings is 1. The van der Waals surface area contributed by atoms with Crippen molar-refractivity contribution in [2.24, 2.45) is 5.92 Å². The standard InChI is InChI=1S/C18H28N2O2/c1-16(18(21)22)15-20-12-6-11-19(13-14-20)10-5-9-17-7-3-2-4-8-17/h2-4,7-8,16H,5-6,9-15H2,1H3,(H,21,22). The fourth-order valence-electron chi connectivity index (χ4n) is 3.05. The van der Waals surface area contributed by atoms with Crippen LogP contribution in [0.4, 0.5) is 0 Å². The second-order valence-corrected chi connectivity index (χ2v) is 6.32. The van der Waals surface area contributed by atoms with Gasteiger partial charge in [0.1, 0.15) is 0 Å². The van der Waals surface area contributed by atoms with E-state index in [9.17, 15) is 4.79 Å². The molecule has 1 atom stereocenters. The number of rotatable bonds is 7. The van der Waals surface area contributed by atoms with E-state index in [1.54, 1.807) is 6.92 Å². The lowest BCUT2D eigenvalue weighted by Gasteiger charge is -2.23. The summed E-state index contributed by atoms with van der Waals surface area (Å²) in [6, 6.07) is 10.6. The van der Waals surface area contributed by atoms with Crippen molar-refractivity contribution in [2.45, 2.75) is 26.2 Å². The monoisotopic (exact) mass is 304 g/mol. The van der Waals surface area contributed by atoms with Gasteiger partial charge in [-0.1, -0.05) is 37.3 Å². The Hall–Kier alpha value is -1.39. The van der Waals surface area contributed by atoms with Gasteiger partial charge in [-0.25, -0.2) is 0 Å². The highest BCUT2D eigenvalue weighted by Gasteiger charge is 2.19. The van der Waals surface area contributed by atoms with E-state index >= 15 is 0 Å². The lowest BCUT2D eigenvalue weighted by atomic mass is 10.1. The van der Waals surface area contributed by atoms with Gasteiger partial charge in [-0.3, -0.25) is 4.79 Å². The molecule has 0 amide bonds. The first-order valence-electron chi connectivity index (χ1n) is 8.36. The Labute approximate surface area is 133 Å². The highest BCUT2D eigenvalue weighted by molar-refractivity contribution is 5.69. The highest BCUT2D eigenvalue weighted by Crippen LogP contribution is 2.09. The third kappa shape index (κ3) is 5.78. The lowest BCUT2D eigenvalue weighted by molar-refractivity contribution is -0.141. The largest absolute Gasteiger partial charge is 0.481 e. The van der Waals surface area contributed by atoms with Crippen molar-refractivity contribution in [3.63, 3.8) is 0 Å². The van der Waals surface area contributed by atoms with E-state index in [0.29, 0.717) is 6.54 Å². The van der Waals surface area contributed by atoms with Crippen LogP contribution in [-0.4, -0.2) is 60.1 Å². The third-order valence-corrected chi connectivity index (χ3v) is 4.42. The summed E-state index contributed by atoms with van der Waals surface area (Å²) in [6.07, 6.45) is 3.46.